The van der Waals surface area contributed by atoms with Crippen LogP contribution >= 0.6 is 31.9 Å². The lowest BCUT2D eigenvalue weighted by Gasteiger charge is -2.21. The number of rotatable bonds is 3. The molecule has 0 aliphatic rings. The van der Waals surface area contributed by atoms with Gasteiger partial charge < -0.3 is 4.90 Å². The summed E-state index contributed by atoms with van der Waals surface area (Å²) in [7, 11) is 3.56. The Hall–Kier alpha value is -1.14. The van der Waals surface area contributed by atoms with E-state index in [9.17, 15) is 4.79 Å². The van der Waals surface area contributed by atoms with Gasteiger partial charge in [-0.05, 0) is 27.6 Å². The Morgan fingerprint density at radius 2 is 2.00 bits per heavy atom. The third kappa shape index (κ3) is 3.06. The summed E-state index contributed by atoms with van der Waals surface area (Å²) in [5, 5.41) is 4.05. The zero-order valence-corrected chi connectivity index (χ0v) is 13.8. The van der Waals surface area contributed by atoms with Gasteiger partial charge in [0.05, 0.1) is 11.9 Å². The Morgan fingerprint density at radius 3 is 2.68 bits per heavy atom. The van der Waals surface area contributed by atoms with Crippen molar-refractivity contribution in [1.29, 1.82) is 0 Å². The summed E-state index contributed by atoms with van der Waals surface area (Å²) >= 11 is 6.86. The highest BCUT2D eigenvalue weighted by molar-refractivity contribution is 9.10. The smallest absolute Gasteiger partial charge is 0.282 e. The van der Waals surface area contributed by atoms with Gasteiger partial charge in [0.25, 0.3) is 5.56 Å². The third-order valence-corrected chi connectivity index (χ3v) is 4.36. The quantitative estimate of drug-likeness (QED) is 0.813. The topological polar surface area (TPSA) is 38.1 Å². The number of nitrogens with zero attached hydrogens (tertiary/aromatic N) is 3. The first-order valence-electron chi connectivity index (χ1n) is 5.67. The van der Waals surface area contributed by atoms with Crippen LogP contribution in [-0.4, -0.2) is 16.8 Å². The zero-order valence-electron chi connectivity index (χ0n) is 10.6. The number of halogens is 2. The van der Waals surface area contributed by atoms with Gasteiger partial charge in [0.2, 0.25) is 0 Å². The summed E-state index contributed by atoms with van der Waals surface area (Å²) in [6.07, 6.45) is 1.68. The molecule has 0 aliphatic heterocycles. The number of aromatic nitrogens is 2. The Labute approximate surface area is 128 Å². The average Bonchev–Trinajstić information content (AvgIpc) is 2.39. The molecule has 19 heavy (non-hydrogen) atoms. The molecule has 100 valence electrons. The minimum Gasteiger partial charge on any atom is -0.368 e. The zero-order chi connectivity index (χ0) is 14.0. The van der Waals surface area contributed by atoms with E-state index in [1.54, 1.807) is 13.2 Å². The summed E-state index contributed by atoms with van der Waals surface area (Å²) in [5.41, 5.74) is 1.79. The molecule has 0 atom stereocenters. The van der Waals surface area contributed by atoms with Gasteiger partial charge in [-0.15, -0.1) is 0 Å². The molecule has 2 rings (SSSR count). The van der Waals surface area contributed by atoms with E-state index >= 15 is 0 Å². The fourth-order valence-electron chi connectivity index (χ4n) is 1.74. The van der Waals surface area contributed by atoms with Crippen LogP contribution in [0.2, 0.25) is 0 Å². The van der Waals surface area contributed by atoms with E-state index in [1.165, 1.54) is 4.68 Å². The summed E-state index contributed by atoms with van der Waals surface area (Å²) in [6.45, 7) is 0.689. The lowest BCUT2D eigenvalue weighted by molar-refractivity contribution is 0.698. The van der Waals surface area contributed by atoms with Crippen molar-refractivity contribution in [3.8, 4) is 0 Å². The molecule has 0 unspecified atom stereocenters. The minimum atomic E-state index is -0.142. The maximum Gasteiger partial charge on any atom is 0.282 e. The SMILES string of the molecule is CN(Cc1ccccc1Br)c1cnn(C)c(=O)c1Br. The van der Waals surface area contributed by atoms with Crippen molar-refractivity contribution in [3.63, 3.8) is 0 Å². The Kier molecular flexibility index (Phi) is 4.42. The van der Waals surface area contributed by atoms with Crippen LogP contribution in [0.1, 0.15) is 5.56 Å². The first-order valence-corrected chi connectivity index (χ1v) is 7.25. The highest BCUT2D eigenvalue weighted by Gasteiger charge is 2.12. The van der Waals surface area contributed by atoms with Crippen molar-refractivity contribution in [2.24, 2.45) is 7.05 Å². The molecule has 1 heterocycles. The van der Waals surface area contributed by atoms with Crippen LogP contribution in [0, 0.1) is 0 Å². The van der Waals surface area contributed by atoms with Crippen molar-refractivity contribution < 1.29 is 0 Å². The molecule has 0 spiro atoms. The first-order chi connectivity index (χ1) is 9.00. The second kappa shape index (κ2) is 5.88. The Bertz CT molecular complexity index is 655. The first kappa shape index (κ1) is 14.3. The number of aryl methyl sites for hydroxylation is 1. The molecule has 0 saturated heterocycles. The largest absolute Gasteiger partial charge is 0.368 e. The monoisotopic (exact) mass is 385 g/mol. The molecule has 0 bridgehead atoms. The van der Waals surface area contributed by atoms with Gasteiger partial charge in [0.1, 0.15) is 4.47 Å². The maximum atomic E-state index is 11.8. The van der Waals surface area contributed by atoms with E-state index in [1.807, 2.05) is 36.2 Å². The van der Waals surface area contributed by atoms with Crippen LogP contribution in [0.15, 0.2) is 44.2 Å². The van der Waals surface area contributed by atoms with E-state index in [0.717, 1.165) is 15.7 Å². The normalized spacial score (nSPS) is 10.5. The second-order valence-corrected chi connectivity index (χ2v) is 5.87. The molecule has 0 saturated carbocycles. The summed E-state index contributed by atoms with van der Waals surface area (Å²) in [5.74, 6) is 0. The van der Waals surface area contributed by atoms with E-state index in [-0.39, 0.29) is 5.56 Å². The van der Waals surface area contributed by atoms with Crippen molar-refractivity contribution in [3.05, 3.63) is 55.3 Å². The molecule has 4 nitrogen and oxygen atoms in total. The summed E-state index contributed by atoms with van der Waals surface area (Å²) in [4.78, 5) is 13.8. The predicted octanol–water partition coefficient (Wildman–Crippen LogP) is 2.94. The van der Waals surface area contributed by atoms with Gasteiger partial charge in [-0.2, -0.15) is 5.10 Å². The molecule has 0 N–H and O–H groups in total. The fourth-order valence-corrected chi connectivity index (χ4v) is 2.81. The molecule has 0 aliphatic carbocycles. The molecule has 0 fully saturated rings. The van der Waals surface area contributed by atoms with E-state index in [4.69, 9.17) is 0 Å². The standard InChI is InChI=1S/C13H13Br2N3O/c1-17(8-9-5-3-4-6-10(9)14)11-7-16-18(2)13(19)12(11)15/h3-7H,8H2,1-2H3. The number of anilines is 1. The Balaban J connectivity index is 2.31. The van der Waals surface area contributed by atoms with Crippen LogP contribution in [0.4, 0.5) is 5.69 Å². The van der Waals surface area contributed by atoms with E-state index < -0.39 is 0 Å². The van der Waals surface area contributed by atoms with Crippen LogP contribution in [0.3, 0.4) is 0 Å². The third-order valence-electron chi connectivity index (χ3n) is 2.84. The lowest BCUT2D eigenvalue weighted by Crippen LogP contribution is -2.25. The molecule has 1 aromatic carbocycles. The maximum absolute atomic E-state index is 11.8. The van der Waals surface area contributed by atoms with Gasteiger partial charge in [0.15, 0.2) is 0 Å². The van der Waals surface area contributed by atoms with E-state index in [2.05, 4.69) is 37.0 Å². The second-order valence-electron chi connectivity index (χ2n) is 4.22. The molecular formula is C13H13Br2N3O. The molecular weight excluding hydrogens is 374 g/mol. The van der Waals surface area contributed by atoms with Crippen LogP contribution in [0.25, 0.3) is 0 Å². The molecule has 2 aromatic rings. The van der Waals surface area contributed by atoms with E-state index in [0.29, 0.717) is 11.0 Å². The van der Waals surface area contributed by atoms with Crippen molar-refractivity contribution in [2.45, 2.75) is 6.54 Å². The van der Waals surface area contributed by atoms with Gasteiger partial charge in [-0.25, -0.2) is 4.68 Å². The van der Waals surface area contributed by atoms with Crippen LogP contribution in [0.5, 0.6) is 0 Å². The average molecular weight is 387 g/mol. The predicted molar refractivity (Wildman–Crippen MR) is 83.4 cm³/mol. The van der Waals surface area contributed by atoms with Gasteiger partial charge in [-0.1, -0.05) is 34.1 Å². The van der Waals surface area contributed by atoms with Gasteiger partial charge in [0, 0.05) is 25.1 Å². The van der Waals surface area contributed by atoms with Crippen molar-refractivity contribution in [2.75, 3.05) is 11.9 Å². The fraction of sp³-hybridized carbons (Fsp3) is 0.231. The number of hydrogen-bond acceptors (Lipinski definition) is 3. The molecule has 1 aromatic heterocycles. The molecule has 0 amide bonds. The van der Waals surface area contributed by atoms with Gasteiger partial charge in [-0.3, -0.25) is 4.79 Å². The highest BCUT2D eigenvalue weighted by Crippen LogP contribution is 2.24. The number of hydrogen-bond donors (Lipinski definition) is 0. The van der Waals surface area contributed by atoms with Crippen molar-refractivity contribution in [1.82, 2.24) is 9.78 Å². The lowest BCUT2D eigenvalue weighted by atomic mass is 10.2. The molecule has 6 heteroatoms. The van der Waals surface area contributed by atoms with Gasteiger partial charge >= 0.3 is 0 Å². The van der Waals surface area contributed by atoms with Crippen LogP contribution < -0.4 is 10.5 Å². The number of benzene rings is 1. The summed E-state index contributed by atoms with van der Waals surface area (Å²) in [6, 6.07) is 8.01. The summed E-state index contributed by atoms with van der Waals surface area (Å²) < 4.78 is 2.88. The van der Waals surface area contributed by atoms with Crippen molar-refractivity contribution >= 4 is 37.5 Å². The minimum absolute atomic E-state index is 0.142. The van der Waals surface area contributed by atoms with Crippen LogP contribution in [-0.2, 0) is 13.6 Å². The molecule has 0 radical (unpaired) electrons. The Morgan fingerprint density at radius 1 is 1.32 bits per heavy atom. The highest BCUT2D eigenvalue weighted by atomic mass is 79.9.